The van der Waals surface area contributed by atoms with Gasteiger partial charge in [-0.2, -0.15) is 0 Å². The van der Waals surface area contributed by atoms with Crippen molar-refractivity contribution in [1.82, 2.24) is 4.98 Å². The Balaban J connectivity index is 1.89. The number of ether oxygens (including phenoxy) is 1. The van der Waals surface area contributed by atoms with Crippen molar-refractivity contribution in [3.8, 4) is 0 Å². The maximum absolute atomic E-state index is 11.4. The zero-order chi connectivity index (χ0) is 14.9. The summed E-state index contributed by atoms with van der Waals surface area (Å²) < 4.78 is 5.70. The number of rotatable bonds is 3. The molecule has 2 heterocycles. The molecular weight excluding hydrogens is 268 g/mol. The molecular formula is C16H22N2O3. The highest BCUT2D eigenvalue weighted by atomic mass is 16.5. The molecule has 1 aliphatic heterocycles. The summed E-state index contributed by atoms with van der Waals surface area (Å²) in [5.74, 6) is -0.307. The number of anilines is 1. The summed E-state index contributed by atoms with van der Waals surface area (Å²) in [6.07, 6.45) is 7.66. The van der Waals surface area contributed by atoms with Crippen molar-refractivity contribution < 1.29 is 14.6 Å². The Kier molecular flexibility index (Phi) is 3.85. The lowest BCUT2D eigenvalue weighted by molar-refractivity contribution is 0.00213. The van der Waals surface area contributed by atoms with Gasteiger partial charge < -0.3 is 14.7 Å². The molecule has 5 heteroatoms. The molecule has 3 rings (SSSR count). The van der Waals surface area contributed by atoms with Crippen LogP contribution in [0.25, 0.3) is 0 Å². The average Bonchev–Trinajstić information content (AvgIpc) is 2.89. The molecule has 114 valence electrons. The molecule has 0 bridgehead atoms. The second kappa shape index (κ2) is 5.64. The number of aromatic nitrogens is 1. The summed E-state index contributed by atoms with van der Waals surface area (Å²) in [7, 11) is 1.79. The zero-order valence-electron chi connectivity index (χ0n) is 12.4. The van der Waals surface area contributed by atoms with Gasteiger partial charge in [0.25, 0.3) is 0 Å². The predicted octanol–water partition coefficient (Wildman–Crippen LogP) is 2.57. The molecule has 5 nitrogen and oxygen atoms in total. The highest BCUT2D eigenvalue weighted by molar-refractivity contribution is 5.93. The number of carboxylic acids is 1. The second-order valence-electron chi connectivity index (χ2n) is 6.18. The van der Waals surface area contributed by atoms with Crippen LogP contribution >= 0.6 is 0 Å². The van der Waals surface area contributed by atoms with Crippen molar-refractivity contribution in [2.75, 3.05) is 25.1 Å². The highest BCUT2D eigenvalue weighted by Gasteiger charge is 2.46. The first-order chi connectivity index (χ1) is 10.2. The normalized spacial score (nSPS) is 29.0. The molecule has 1 aromatic heterocycles. The lowest BCUT2D eigenvalue weighted by Crippen LogP contribution is -2.48. The zero-order valence-corrected chi connectivity index (χ0v) is 12.4. The first kappa shape index (κ1) is 14.3. The second-order valence-corrected chi connectivity index (χ2v) is 6.18. The minimum Gasteiger partial charge on any atom is -0.478 e. The summed E-state index contributed by atoms with van der Waals surface area (Å²) in [5.41, 5.74) is 0.460. The number of aromatic carboxylic acids is 1. The summed E-state index contributed by atoms with van der Waals surface area (Å²) in [6.45, 7) is 1.72. The molecule has 0 radical (unpaired) electrons. The van der Waals surface area contributed by atoms with Crippen molar-refractivity contribution >= 4 is 11.8 Å². The Bertz CT molecular complexity index is 534. The summed E-state index contributed by atoms with van der Waals surface area (Å²) in [4.78, 5) is 17.9. The van der Waals surface area contributed by atoms with Crippen LogP contribution in [-0.2, 0) is 4.74 Å². The van der Waals surface area contributed by atoms with E-state index in [4.69, 9.17) is 4.74 Å². The summed E-state index contributed by atoms with van der Waals surface area (Å²) in [6, 6.07) is 3.31. The molecule has 0 unspecified atom stereocenters. The first-order valence-electron chi connectivity index (χ1n) is 7.62. The molecule has 1 aliphatic carbocycles. The van der Waals surface area contributed by atoms with E-state index >= 15 is 0 Å². The van der Waals surface area contributed by atoms with Gasteiger partial charge in [-0.3, -0.25) is 0 Å². The number of methoxy groups -OCH3 is 1. The Labute approximate surface area is 124 Å². The largest absolute Gasteiger partial charge is 0.478 e. The molecule has 1 saturated carbocycles. The van der Waals surface area contributed by atoms with Gasteiger partial charge in [0.15, 0.2) is 0 Å². The number of carboxylic acid groups (broad SMARTS) is 1. The molecule has 1 saturated heterocycles. The molecule has 0 aromatic carbocycles. The van der Waals surface area contributed by atoms with E-state index in [1.807, 2.05) is 0 Å². The molecule has 1 spiro atoms. The van der Waals surface area contributed by atoms with Crippen LogP contribution in [-0.4, -0.2) is 42.4 Å². The van der Waals surface area contributed by atoms with Crippen molar-refractivity contribution in [2.45, 2.75) is 38.2 Å². The maximum atomic E-state index is 11.4. The third kappa shape index (κ3) is 2.50. The van der Waals surface area contributed by atoms with Gasteiger partial charge in [-0.1, -0.05) is 6.42 Å². The van der Waals surface area contributed by atoms with E-state index in [0.29, 0.717) is 11.4 Å². The predicted molar refractivity (Wildman–Crippen MR) is 79.7 cm³/mol. The number of hydrogen-bond donors (Lipinski definition) is 1. The number of pyridine rings is 1. The Morgan fingerprint density at radius 1 is 1.48 bits per heavy atom. The average molecular weight is 290 g/mol. The van der Waals surface area contributed by atoms with Gasteiger partial charge in [0.05, 0.1) is 6.10 Å². The van der Waals surface area contributed by atoms with Crippen LogP contribution < -0.4 is 4.90 Å². The fraction of sp³-hybridized carbons (Fsp3) is 0.625. The monoisotopic (exact) mass is 290 g/mol. The van der Waals surface area contributed by atoms with E-state index in [2.05, 4.69) is 9.88 Å². The fourth-order valence-corrected chi connectivity index (χ4v) is 4.10. The quantitative estimate of drug-likeness (QED) is 0.927. The Morgan fingerprint density at radius 2 is 2.29 bits per heavy atom. The van der Waals surface area contributed by atoms with Crippen molar-refractivity contribution in [2.24, 2.45) is 5.41 Å². The topological polar surface area (TPSA) is 62.7 Å². The lowest BCUT2D eigenvalue weighted by atomic mass is 9.76. The smallest absolute Gasteiger partial charge is 0.339 e. The Morgan fingerprint density at radius 3 is 3.05 bits per heavy atom. The van der Waals surface area contributed by atoms with E-state index < -0.39 is 5.97 Å². The molecule has 0 amide bonds. The van der Waals surface area contributed by atoms with Gasteiger partial charge in [0.1, 0.15) is 11.4 Å². The molecule has 1 N–H and O–H groups in total. The van der Waals surface area contributed by atoms with Crippen LogP contribution in [0.2, 0.25) is 0 Å². The molecule has 1 aromatic rings. The van der Waals surface area contributed by atoms with Crippen molar-refractivity contribution in [1.29, 1.82) is 0 Å². The van der Waals surface area contributed by atoms with Gasteiger partial charge in [-0.05, 0) is 37.8 Å². The third-order valence-electron chi connectivity index (χ3n) is 5.03. The number of carbonyl (C=O) groups is 1. The van der Waals surface area contributed by atoms with Crippen LogP contribution in [0.5, 0.6) is 0 Å². The maximum Gasteiger partial charge on any atom is 0.339 e. The van der Waals surface area contributed by atoms with Gasteiger partial charge in [0, 0.05) is 31.8 Å². The van der Waals surface area contributed by atoms with Gasteiger partial charge in [-0.15, -0.1) is 0 Å². The van der Waals surface area contributed by atoms with Crippen LogP contribution in [0.15, 0.2) is 18.3 Å². The highest BCUT2D eigenvalue weighted by Crippen LogP contribution is 2.47. The van der Waals surface area contributed by atoms with Crippen LogP contribution in [0.4, 0.5) is 5.82 Å². The van der Waals surface area contributed by atoms with E-state index in [9.17, 15) is 9.90 Å². The van der Waals surface area contributed by atoms with Crippen LogP contribution in [0.3, 0.4) is 0 Å². The molecule has 21 heavy (non-hydrogen) atoms. The molecule has 2 atom stereocenters. The minimum absolute atomic E-state index is 0.167. The third-order valence-corrected chi connectivity index (χ3v) is 5.03. The SMILES string of the molecule is CO[C@@H]1CCC[C@]12CCCN(c1ncccc1C(=O)O)C2. The van der Waals surface area contributed by atoms with E-state index in [1.165, 1.54) is 6.42 Å². The number of piperidine rings is 1. The van der Waals surface area contributed by atoms with Gasteiger partial charge in [-0.25, -0.2) is 9.78 Å². The van der Waals surface area contributed by atoms with E-state index in [1.54, 1.807) is 25.4 Å². The first-order valence-corrected chi connectivity index (χ1v) is 7.62. The minimum atomic E-state index is -0.910. The fourth-order valence-electron chi connectivity index (χ4n) is 4.10. The molecule has 2 aliphatic rings. The van der Waals surface area contributed by atoms with Gasteiger partial charge in [0.2, 0.25) is 0 Å². The van der Waals surface area contributed by atoms with E-state index in [-0.39, 0.29) is 11.5 Å². The number of hydrogen-bond acceptors (Lipinski definition) is 4. The summed E-state index contributed by atoms with van der Waals surface area (Å²) >= 11 is 0. The Hall–Kier alpha value is -1.62. The number of nitrogens with zero attached hydrogens (tertiary/aromatic N) is 2. The van der Waals surface area contributed by atoms with Crippen molar-refractivity contribution in [3.05, 3.63) is 23.9 Å². The summed E-state index contributed by atoms with van der Waals surface area (Å²) in [5, 5.41) is 9.36. The van der Waals surface area contributed by atoms with Crippen molar-refractivity contribution in [3.63, 3.8) is 0 Å². The van der Waals surface area contributed by atoms with Crippen LogP contribution in [0, 0.1) is 5.41 Å². The van der Waals surface area contributed by atoms with E-state index in [0.717, 1.165) is 38.8 Å². The lowest BCUT2D eigenvalue weighted by Gasteiger charge is -2.44. The van der Waals surface area contributed by atoms with Crippen LogP contribution in [0.1, 0.15) is 42.5 Å². The van der Waals surface area contributed by atoms with Gasteiger partial charge >= 0.3 is 5.97 Å². The molecule has 2 fully saturated rings. The standard InChI is InChI=1S/C16H22N2O3/c1-21-13-6-2-7-16(13)8-4-10-18(11-16)14-12(15(19)20)5-3-9-17-14/h3,5,9,13H,2,4,6-8,10-11H2,1H3,(H,19,20)/t13-,16-/m1/s1.